The minimum absolute atomic E-state index is 0.00439. The minimum atomic E-state index is -1.34. The summed E-state index contributed by atoms with van der Waals surface area (Å²) in [5.74, 6) is -5.05. The second kappa shape index (κ2) is 13.7. The van der Waals surface area contributed by atoms with Crippen LogP contribution < -0.4 is 33.6 Å². The molecule has 3 amide bonds. The molecule has 0 aliphatic carbocycles. The molecular weight excluding hydrogens is 402 g/mol. The highest BCUT2D eigenvalue weighted by atomic mass is 16.4. The molecule has 0 spiro atoms. The van der Waals surface area contributed by atoms with Crippen molar-refractivity contribution in [1.82, 2.24) is 10.6 Å². The van der Waals surface area contributed by atoms with Gasteiger partial charge in [0.25, 0.3) is 0 Å². The molecule has 0 radical (unpaired) electrons. The van der Waals surface area contributed by atoms with Crippen LogP contribution in [0, 0.1) is 0 Å². The van der Waals surface area contributed by atoms with Gasteiger partial charge in [-0.15, -0.1) is 0 Å². The van der Waals surface area contributed by atoms with Crippen LogP contribution in [-0.2, 0) is 24.0 Å². The summed E-state index contributed by atoms with van der Waals surface area (Å²) in [5.41, 5.74) is 21.0. The number of carboxylic acid groups (broad SMARTS) is 2. The Hall–Kier alpha value is -3.42. The highest BCUT2D eigenvalue weighted by molar-refractivity contribution is 5.92. The Labute approximate surface area is 172 Å². The Morgan fingerprint density at radius 2 is 1.43 bits per heavy atom. The zero-order valence-electron chi connectivity index (χ0n) is 16.4. The maximum atomic E-state index is 12.5. The largest absolute Gasteiger partial charge is 0.481 e. The summed E-state index contributed by atoms with van der Waals surface area (Å²) in [6.45, 7) is 0.149. The van der Waals surface area contributed by atoms with E-state index >= 15 is 0 Å². The van der Waals surface area contributed by atoms with Crippen LogP contribution in [0.15, 0.2) is 4.99 Å². The third-order valence-electron chi connectivity index (χ3n) is 3.88. The van der Waals surface area contributed by atoms with Gasteiger partial charge in [-0.25, -0.2) is 4.79 Å². The first-order valence-electron chi connectivity index (χ1n) is 9.08. The number of carbonyl (C=O) groups is 5. The average molecular weight is 431 g/mol. The number of aliphatic carboxylic acids is 2. The molecule has 0 aliphatic heterocycles. The van der Waals surface area contributed by atoms with E-state index in [-0.39, 0.29) is 44.6 Å². The summed E-state index contributed by atoms with van der Waals surface area (Å²) < 4.78 is 0. The SMILES string of the molecule is NC(=O)CCC(N)C(=O)NC(CCC(=O)O)C(=O)NC(CCCN=C(N)N)C(=O)O. The number of hydrogen-bond acceptors (Lipinski definition) is 7. The van der Waals surface area contributed by atoms with Gasteiger partial charge in [-0.3, -0.25) is 24.2 Å². The van der Waals surface area contributed by atoms with E-state index in [0.717, 1.165) is 0 Å². The molecule has 0 rings (SSSR count). The molecule has 12 N–H and O–H groups in total. The van der Waals surface area contributed by atoms with Gasteiger partial charge in [0, 0.05) is 19.4 Å². The Morgan fingerprint density at radius 1 is 0.833 bits per heavy atom. The number of nitrogens with one attached hydrogen (secondary N) is 2. The van der Waals surface area contributed by atoms with Crippen molar-refractivity contribution in [2.24, 2.45) is 27.9 Å². The van der Waals surface area contributed by atoms with Gasteiger partial charge in [-0.05, 0) is 25.7 Å². The van der Waals surface area contributed by atoms with Crippen molar-refractivity contribution in [2.45, 2.75) is 56.7 Å². The molecule has 30 heavy (non-hydrogen) atoms. The highest BCUT2D eigenvalue weighted by Gasteiger charge is 2.28. The Bertz CT molecular complexity index is 664. The molecule has 0 aromatic rings. The van der Waals surface area contributed by atoms with Gasteiger partial charge in [-0.1, -0.05) is 0 Å². The lowest BCUT2D eigenvalue weighted by Gasteiger charge is -2.22. The predicted molar refractivity (Wildman–Crippen MR) is 105 cm³/mol. The number of nitrogens with zero attached hydrogens (tertiary/aromatic N) is 1. The molecule has 0 heterocycles. The highest BCUT2D eigenvalue weighted by Crippen LogP contribution is 2.04. The first-order valence-corrected chi connectivity index (χ1v) is 9.08. The van der Waals surface area contributed by atoms with E-state index in [0.29, 0.717) is 0 Å². The number of carbonyl (C=O) groups excluding carboxylic acids is 3. The molecule has 0 aromatic heterocycles. The number of primary amides is 1. The number of guanidine groups is 1. The van der Waals surface area contributed by atoms with Crippen LogP contribution in [0.3, 0.4) is 0 Å². The number of rotatable bonds is 15. The van der Waals surface area contributed by atoms with E-state index in [2.05, 4.69) is 15.6 Å². The lowest BCUT2D eigenvalue weighted by molar-refractivity contribution is -0.143. The molecule has 170 valence electrons. The minimum Gasteiger partial charge on any atom is -0.481 e. The quantitative estimate of drug-likeness (QED) is 0.0721. The van der Waals surface area contributed by atoms with Crippen LogP contribution in [0.2, 0.25) is 0 Å². The van der Waals surface area contributed by atoms with Gasteiger partial charge in [0.15, 0.2) is 5.96 Å². The normalized spacial score (nSPS) is 13.4. The maximum Gasteiger partial charge on any atom is 0.326 e. The summed E-state index contributed by atoms with van der Waals surface area (Å²) in [7, 11) is 0. The number of amides is 3. The lowest BCUT2D eigenvalue weighted by atomic mass is 10.1. The monoisotopic (exact) mass is 431 g/mol. The molecule has 0 fully saturated rings. The van der Waals surface area contributed by atoms with Crippen LogP contribution in [-0.4, -0.2) is 70.5 Å². The van der Waals surface area contributed by atoms with E-state index in [1.54, 1.807) is 0 Å². The van der Waals surface area contributed by atoms with Crippen LogP contribution in [0.25, 0.3) is 0 Å². The van der Waals surface area contributed by atoms with Gasteiger partial charge in [-0.2, -0.15) is 0 Å². The van der Waals surface area contributed by atoms with Crippen LogP contribution >= 0.6 is 0 Å². The number of hydrogen-bond donors (Lipinski definition) is 8. The molecule has 0 bridgehead atoms. The van der Waals surface area contributed by atoms with E-state index in [1.807, 2.05) is 0 Å². The smallest absolute Gasteiger partial charge is 0.326 e. The predicted octanol–water partition coefficient (Wildman–Crippen LogP) is -3.45. The van der Waals surface area contributed by atoms with Crippen molar-refractivity contribution in [3.63, 3.8) is 0 Å². The second-order valence-electron chi connectivity index (χ2n) is 6.45. The van der Waals surface area contributed by atoms with Crippen molar-refractivity contribution in [3.8, 4) is 0 Å². The zero-order chi connectivity index (χ0) is 23.3. The number of aliphatic imine (C=N–C) groups is 1. The molecule has 14 heteroatoms. The van der Waals surface area contributed by atoms with Gasteiger partial charge in [0.2, 0.25) is 17.7 Å². The Balaban J connectivity index is 5.05. The molecule has 3 atom stereocenters. The summed E-state index contributed by atoms with van der Waals surface area (Å²) in [6.07, 6.45) is -0.740. The standard InChI is InChI=1S/C16H29N7O7/c17-8(3-5-11(18)24)13(27)22-9(4-6-12(25)26)14(28)23-10(15(29)30)2-1-7-21-16(19)20/h8-10H,1-7,17H2,(H2,18,24)(H,22,27)(H,23,28)(H,25,26)(H,29,30)(H4,19,20,21). The third kappa shape index (κ3) is 12.1. The fraction of sp³-hybridized carbons (Fsp3) is 0.625. The fourth-order valence-electron chi connectivity index (χ4n) is 2.28. The summed E-state index contributed by atoms with van der Waals surface area (Å²) in [5, 5.41) is 22.7. The Kier molecular flexibility index (Phi) is 12.1. The van der Waals surface area contributed by atoms with Crippen molar-refractivity contribution in [2.75, 3.05) is 6.54 Å². The van der Waals surface area contributed by atoms with Gasteiger partial charge >= 0.3 is 11.9 Å². The number of nitrogens with two attached hydrogens (primary N) is 4. The molecule has 14 nitrogen and oxygen atoms in total. The first-order chi connectivity index (χ1) is 13.9. The van der Waals surface area contributed by atoms with Crippen LogP contribution in [0.5, 0.6) is 0 Å². The summed E-state index contributed by atoms with van der Waals surface area (Å²) >= 11 is 0. The van der Waals surface area contributed by atoms with E-state index < -0.39 is 54.2 Å². The van der Waals surface area contributed by atoms with E-state index in [1.165, 1.54) is 0 Å². The van der Waals surface area contributed by atoms with Gasteiger partial charge in [0.05, 0.1) is 6.04 Å². The van der Waals surface area contributed by atoms with Crippen molar-refractivity contribution >= 4 is 35.6 Å². The van der Waals surface area contributed by atoms with E-state index in [9.17, 15) is 29.1 Å². The fourth-order valence-corrected chi connectivity index (χ4v) is 2.28. The van der Waals surface area contributed by atoms with Crippen LogP contribution in [0.1, 0.15) is 38.5 Å². The maximum absolute atomic E-state index is 12.5. The van der Waals surface area contributed by atoms with Gasteiger partial charge < -0.3 is 43.8 Å². The molecule has 3 unspecified atom stereocenters. The number of carboxylic acids is 2. The molecule has 0 aliphatic rings. The van der Waals surface area contributed by atoms with Gasteiger partial charge in [0.1, 0.15) is 12.1 Å². The first kappa shape index (κ1) is 26.6. The lowest BCUT2D eigenvalue weighted by Crippen LogP contribution is -2.54. The second-order valence-corrected chi connectivity index (χ2v) is 6.45. The molecular formula is C16H29N7O7. The molecule has 0 saturated heterocycles. The zero-order valence-corrected chi connectivity index (χ0v) is 16.4. The molecule has 0 aromatic carbocycles. The topological polar surface area (TPSA) is 266 Å². The average Bonchev–Trinajstić information content (AvgIpc) is 2.64. The summed E-state index contributed by atoms with van der Waals surface area (Å²) in [6, 6.07) is -3.81. The summed E-state index contributed by atoms with van der Waals surface area (Å²) in [4.78, 5) is 61.3. The van der Waals surface area contributed by atoms with Crippen molar-refractivity contribution in [3.05, 3.63) is 0 Å². The Morgan fingerprint density at radius 3 is 1.93 bits per heavy atom. The molecule has 0 saturated carbocycles. The third-order valence-corrected chi connectivity index (χ3v) is 3.88. The van der Waals surface area contributed by atoms with Crippen LogP contribution in [0.4, 0.5) is 0 Å². The van der Waals surface area contributed by atoms with E-state index in [4.69, 9.17) is 28.0 Å². The van der Waals surface area contributed by atoms with Crippen molar-refractivity contribution < 1.29 is 34.2 Å². The van der Waals surface area contributed by atoms with Crippen molar-refractivity contribution in [1.29, 1.82) is 0 Å².